The van der Waals surface area contributed by atoms with E-state index in [1.807, 2.05) is 37.3 Å². The minimum Gasteiger partial charge on any atom is -0.364 e. The fourth-order valence-electron chi connectivity index (χ4n) is 2.44. The molecule has 2 N–H and O–H groups in total. The second kappa shape index (κ2) is 7.57. The van der Waals surface area contributed by atoms with Crippen LogP contribution in [0.25, 0.3) is 0 Å². The summed E-state index contributed by atoms with van der Waals surface area (Å²) in [5.74, 6) is -0.360. The number of benzene rings is 2. The largest absolute Gasteiger partial charge is 0.364 e. The lowest BCUT2D eigenvalue weighted by Crippen LogP contribution is -2.14. The van der Waals surface area contributed by atoms with Crippen molar-refractivity contribution in [2.45, 2.75) is 13.0 Å². The van der Waals surface area contributed by atoms with Gasteiger partial charge in [-0.15, -0.1) is 0 Å². The molecule has 0 radical (unpaired) electrons. The van der Waals surface area contributed by atoms with E-state index in [-0.39, 0.29) is 11.6 Å². The summed E-state index contributed by atoms with van der Waals surface area (Å²) in [4.78, 5) is 16.4. The van der Waals surface area contributed by atoms with Crippen molar-refractivity contribution in [2.24, 2.45) is 0 Å². The van der Waals surface area contributed by atoms with Crippen molar-refractivity contribution in [3.05, 3.63) is 89.9 Å². The van der Waals surface area contributed by atoms with Crippen LogP contribution < -0.4 is 10.6 Å². The van der Waals surface area contributed by atoms with Gasteiger partial charge in [0.25, 0.3) is 5.91 Å². The van der Waals surface area contributed by atoms with Crippen LogP contribution in [-0.4, -0.2) is 10.9 Å². The predicted octanol–water partition coefficient (Wildman–Crippen LogP) is 4.65. The standard InChI is InChI=1S/C20H18FN3O/c1-14(15-7-3-2-4-8-15)23-19-12-11-16(13-22-19)24-20(25)17-9-5-6-10-18(17)21/h2-14H,1H3,(H,22,23)(H,24,25). The van der Waals surface area contributed by atoms with Gasteiger partial charge in [-0.3, -0.25) is 4.79 Å². The molecule has 0 bridgehead atoms. The van der Waals surface area contributed by atoms with Crippen molar-refractivity contribution in [1.82, 2.24) is 4.98 Å². The number of nitrogens with one attached hydrogen (secondary N) is 2. The average Bonchev–Trinajstić information content (AvgIpc) is 2.64. The first-order valence-corrected chi connectivity index (χ1v) is 7.97. The smallest absolute Gasteiger partial charge is 0.258 e. The molecule has 0 saturated carbocycles. The van der Waals surface area contributed by atoms with E-state index >= 15 is 0 Å². The van der Waals surface area contributed by atoms with Gasteiger partial charge in [0.2, 0.25) is 0 Å². The fourth-order valence-corrected chi connectivity index (χ4v) is 2.44. The molecular weight excluding hydrogens is 317 g/mol. The lowest BCUT2D eigenvalue weighted by atomic mass is 10.1. The Hall–Kier alpha value is -3.21. The van der Waals surface area contributed by atoms with Gasteiger partial charge >= 0.3 is 0 Å². The minimum atomic E-state index is -0.553. The van der Waals surface area contributed by atoms with E-state index in [2.05, 4.69) is 15.6 Å². The van der Waals surface area contributed by atoms with Gasteiger partial charge in [0.1, 0.15) is 11.6 Å². The van der Waals surface area contributed by atoms with Crippen LogP contribution in [0.1, 0.15) is 28.9 Å². The maximum atomic E-state index is 13.6. The van der Waals surface area contributed by atoms with E-state index in [1.165, 1.54) is 12.1 Å². The number of carbonyl (C=O) groups is 1. The Labute approximate surface area is 145 Å². The quantitative estimate of drug-likeness (QED) is 0.714. The molecule has 25 heavy (non-hydrogen) atoms. The molecular formula is C20H18FN3O. The topological polar surface area (TPSA) is 54.0 Å². The van der Waals surface area contributed by atoms with Crippen molar-refractivity contribution in [1.29, 1.82) is 0 Å². The van der Waals surface area contributed by atoms with Crippen LogP contribution in [0.15, 0.2) is 72.9 Å². The van der Waals surface area contributed by atoms with Gasteiger partial charge in [0.05, 0.1) is 17.4 Å². The highest BCUT2D eigenvalue weighted by Gasteiger charge is 2.11. The Morgan fingerprint density at radius 3 is 2.40 bits per heavy atom. The number of amides is 1. The van der Waals surface area contributed by atoms with Crippen LogP contribution in [0.3, 0.4) is 0 Å². The summed E-state index contributed by atoms with van der Waals surface area (Å²) in [6, 6.07) is 19.5. The third kappa shape index (κ3) is 4.20. The molecule has 0 aliphatic carbocycles. The molecule has 126 valence electrons. The van der Waals surface area contributed by atoms with Gasteiger partial charge < -0.3 is 10.6 Å². The molecule has 0 spiro atoms. The molecule has 4 nitrogen and oxygen atoms in total. The molecule has 1 aromatic heterocycles. The summed E-state index contributed by atoms with van der Waals surface area (Å²) in [6.07, 6.45) is 1.54. The van der Waals surface area contributed by atoms with Gasteiger partial charge in [-0.25, -0.2) is 9.37 Å². The number of hydrogen-bond donors (Lipinski definition) is 2. The molecule has 2 aromatic carbocycles. The Morgan fingerprint density at radius 2 is 1.72 bits per heavy atom. The summed E-state index contributed by atoms with van der Waals surface area (Å²) in [7, 11) is 0. The van der Waals surface area contributed by atoms with Gasteiger partial charge in [-0.05, 0) is 36.8 Å². The van der Waals surface area contributed by atoms with E-state index in [0.29, 0.717) is 11.5 Å². The number of anilines is 2. The normalized spacial score (nSPS) is 11.6. The SMILES string of the molecule is CC(Nc1ccc(NC(=O)c2ccccc2F)cn1)c1ccccc1. The number of rotatable bonds is 5. The first-order chi connectivity index (χ1) is 12.1. The molecule has 3 aromatic rings. The lowest BCUT2D eigenvalue weighted by Gasteiger charge is -2.15. The summed E-state index contributed by atoms with van der Waals surface area (Å²) in [6.45, 7) is 2.05. The summed E-state index contributed by atoms with van der Waals surface area (Å²) < 4.78 is 13.6. The second-order valence-corrected chi connectivity index (χ2v) is 5.64. The molecule has 0 fully saturated rings. The molecule has 1 atom stereocenters. The highest BCUT2D eigenvalue weighted by atomic mass is 19.1. The van der Waals surface area contributed by atoms with E-state index in [1.54, 1.807) is 30.5 Å². The fraction of sp³-hybridized carbons (Fsp3) is 0.100. The van der Waals surface area contributed by atoms with Crippen LogP contribution in [0, 0.1) is 5.82 Å². The molecule has 3 rings (SSSR count). The second-order valence-electron chi connectivity index (χ2n) is 5.64. The van der Waals surface area contributed by atoms with Crippen LogP contribution in [-0.2, 0) is 0 Å². The summed E-state index contributed by atoms with van der Waals surface area (Å²) in [5.41, 5.74) is 1.66. The molecule has 0 aliphatic heterocycles. The number of pyridine rings is 1. The first-order valence-electron chi connectivity index (χ1n) is 7.97. The average molecular weight is 335 g/mol. The Balaban J connectivity index is 1.64. The molecule has 1 unspecified atom stereocenters. The predicted molar refractivity (Wildman–Crippen MR) is 97.1 cm³/mol. The molecule has 0 aliphatic rings. The summed E-state index contributed by atoms with van der Waals surface area (Å²) in [5, 5.41) is 5.94. The number of aromatic nitrogens is 1. The maximum absolute atomic E-state index is 13.6. The van der Waals surface area contributed by atoms with Gasteiger partial charge in [-0.2, -0.15) is 0 Å². The monoisotopic (exact) mass is 335 g/mol. The molecule has 0 saturated heterocycles. The van der Waals surface area contributed by atoms with Crippen LogP contribution >= 0.6 is 0 Å². The van der Waals surface area contributed by atoms with Crippen LogP contribution in [0.5, 0.6) is 0 Å². The summed E-state index contributed by atoms with van der Waals surface area (Å²) >= 11 is 0. The van der Waals surface area contributed by atoms with E-state index in [4.69, 9.17) is 0 Å². The third-order valence-corrected chi connectivity index (χ3v) is 3.80. The number of carbonyl (C=O) groups excluding carboxylic acids is 1. The molecule has 1 heterocycles. The Morgan fingerprint density at radius 1 is 1.00 bits per heavy atom. The highest BCUT2D eigenvalue weighted by molar-refractivity contribution is 6.04. The zero-order valence-corrected chi connectivity index (χ0v) is 13.7. The van der Waals surface area contributed by atoms with Crippen molar-refractivity contribution in [3.8, 4) is 0 Å². The minimum absolute atomic E-state index is 0.00222. The van der Waals surface area contributed by atoms with Gasteiger partial charge in [0, 0.05) is 6.04 Å². The highest BCUT2D eigenvalue weighted by Crippen LogP contribution is 2.19. The first kappa shape index (κ1) is 16.6. The molecule has 5 heteroatoms. The lowest BCUT2D eigenvalue weighted by molar-refractivity contribution is 0.102. The molecule has 1 amide bonds. The van der Waals surface area contributed by atoms with E-state index < -0.39 is 11.7 Å². The third-order valence-electron chi connectivity index (χ3n) is 3.80. The maximum Gasteiger partial charge on any atom is 0.258 e. The number of halogens is 1. The van der Waals surface area contributed by atoms with Crippen molar-refractivity contribution < 1.29 is 9.18 Å². The van der Waals surface area contributed by atoms with Crippen molar-refractivity contribution >= 4 is 17.4 Å². The van der Waals surface area contributed by atoms with Crippen molar-refractivity contribution in [3.63, 3.8) is 0 Å². The number of nitrogens with zero attached hydrogens (tertiary/aromatic N) is 1. The van der Waals surface area contributed by atoms with E-state index in [9.17, 15) is 9.18 Å². The zero-order valence-electron chi connectivity index (χ0n) is 13.7. The Kier molecular flexibility index (Phi) is 5.04. The van der Waals surface area contributed by atoms with Crippen molar-refractivity contribution in [2.75, 3.05) is 10.6 Å². The van der Waals surface area contributed by atoms with Gasteiger partial charge in [-0.1, -0.05) is 42.5 Å². The van der Waals surface area contributed by atoms with Gasteiger partial charge in [0.15, 0.2) is 0 Å². The van der Waals surface area contributed by atoms with E-state index in [0.717, 1.165) is 5.56 Å². The van der Waals surface area contributed by atoms with Crippen LogP contribution in [0.2, 0.25) is 0 Å². The Bertz CT molecular complexity index is 850. The number of hydrogen-bond acceptors (Lipinski definition) is 3. The van der Waals surface area contributed by atoms with Crippen LogP contribution in [0.4, 0.5) is 15.9 Å². The zero-order chi connectivity index (χ0) is 17.6.